The maximum Gasteiger partial charge on any atom is 0.338 e. The molecule has 0 saturated heterocycles. The highest BCUT2D eigenvalue weighted by molar-refractivity contribution is 9.10. The van der Waals surface area contributed by atoms with E-state index < -0.39 is 16.0 Å². The highest BCUT2D eigenvalue weighted by Gasteiger charge is 2.18. The van der Waals surface area contributed by atoms with Crippen LogP contribution in [0.25, 0.3) is 5.65 Å². The van der Waals surface area contributed by atoms with Crippen molar-refractivity contribution in [2.45, 2.75) is 11.5 Å². The molecule has 11 heteroatoms. The second-order valence-corrected chi connectivity index (χ2v) is 9.70. The number of nitrogens with one attached hydrogen (secondary N) is 1. The fourth-order valence-electron chi connectivity index (χ4n) is 3.09. The second-order valence-electron chi connectivity index (χ2n) is 7.10. The van der Waals surface area contributed by atoms with E-state index in [2.05, 4.69) is 25.6 Å². The first-order valence-electron chi connectivity index (χ1n) is 9.87. The number of esters is 1. The summed E-state index contributed by atoms with van der Waals surface area (Å²) in [6, 6.07) is 16.5. The second kappa shape index (κ2) is 9.65. The molecule has 0 fully saturated rings. The number of carbonyl (C=O) groups excluding carboxylic acids is 1. The number of anilines is 1. The van der Waals surface area contributed by atoms with E-state index in [9.17, 15) is 18.0 Å². The van der Waals surface area contributed by atoms with Crippen LogP contribution in [0.1, 0.15) is 16.1 Å². The van der Waals surface area contributed by atoms with Gasteiger partial charge in [0.05, 0.1) is 23.3 Å². The van der Waals surface area contributed by atoms with Crippen molar-refractivity contribution in [1.82, 2.24) is 9.38 Å². The van der Waals surface area contributed by atoms with E-state index in [0.717, 1.165) is 4.47 Å². The fraction of sp³-hybridized carbons (Fsp3) is 0.0870. The van der Waals surface area contributed by atoms with Gasteiger partial charge in [-0.25, -0.2) is 18.2 Å². The number of ether oxygens (including phenoxy) is 2. The predicted molar refractivity (Wildman–Crippen MR) is 129 cm³/mol. The zero-order valence-corrected chi connectivity index (χ0v) is 20.2. The molecular formula is C23H18BrN3O6S. The lowest BCUT2D eigenvalue weighted by Crippen LogP contribution is -2.17. The third kappa shape index (κ3) is 5.26. The van der Waals surface area contributed by atoms with Gasteiger partial charge in [-0.1, -0.05) is 6.07 Å². The molecule has 0 bridgehead atoms. The van der Waals surface area contributed by atoms with Crippen LogP contribution in [0, 0.1) is 0 Å². The Hall–Kier alpha value is -3.70. The van der Waals surface area contributed by atoms with Crippen molar-refractivity contribution in [1.29, 1.82) is 0 Å². The molecule has 2 aromatic heterocycles. The van der Waals surface area contributed by atoms with Crippen LogP contribution in [-0.4, -0.2) is 30.9 Å². The standard InChI is InChI=1S/C23H18BrN3O6S/c1-32-19-8-6-17(7-9-19)26-34(30,31)20-4-2-3-15(11-20)23(29)33-14-18-12-22(28)27-13-16(24)5-10-21(27)25-18/h2-13,26H,14H2,1H3. The van der Waals surface area contributed by atoms with Gasteiger partial charge in [-0.05, 0) is 70.5 Å². The molecular weight excluding hydrogens is 526 g/mol. The zero-order chi connectivity index (χ0) is 24.3. The number of methoxy groups -OCH3 is 1. The lowest BCUT2D eigenvalue weighted by Gasteiger charge is -2.10. The average Bonchev–Trinajstić information content (AvgIpc) is 2.83. The third-order valence-electron chi connectivity index (χ3n) is 4.75. The van der Waals surface area contributed by atoms with E-state index >= 15 is 0 Å². The van der Waals surface area contributed by atoms with Crippen molar-refractivity contribution >= 4 is 43.3 Å². The first kappa shape index (κ1) is 23.5. The maximum absolute atomic E-state index is 12.8. The van der Waals surface area contributed by atoms with E-state index in [1.807, 2.05) is 0 Å². The third-order valence-corrected chi connectivity index (χ3v) is 6.60. The highest BCUT2D eigenvalue weighted by Crippen LogP contribution is 2.20. The lowest BCUT2D eigenvalue weighted by molar-refractivity contribution is 0.0467. The Morgan fingerprint density at radius 2 is 1.85 bits per heavy atom. The summed E-state index contributed by atoms with van der Waals surface area (Å²) in [4.78, 5) is 29.0. The van der Waals surface area contributed by atoms with Crippen molar-refractivity contribution in [3.8, 4) is 5.75 Å². The molecule has 2 heterocycles. The molecule has 4 aromatic rings. The Morgan fingerprint density at radius 1 is 1.09 bits per heavy atom. The number of pyridine rings is 1. The van der Waals surface area contributed by atoms with Gasteiger partial charge in [0, 0.05) is 22.4 Å². The number of hydrogen-bond acceptors (Lipinski definition) is 7. The van der Waals surface area contributed by atoms with Crippen molar-refractivity contribution in [2.75, 3.05) is 11.8 Å². The summed E-state index contributed by atoms with van der Waals surface area (Å²) in [7, 11) is -2.44. The van der Waals surface area contributed by atoms with Gasteiger partial charge in [-0.2, -0.15) is 0 Å². The van der Waals surface area contributed by atoms with Gasteiger partial charge < -0.3 is 9.47 Å². The van der Waals surface area contributed by atoms with Gasteiger partial charge in [0.2, 0.25) is 0 Å². The molecule has 0 radical (unpaired) electrons. The van der Waals surface area contributed by atoms with Crippen LogP contribution in [0.3, 0.4) is 0 Å². The minimum atomic E-state index is -3.95. The maximum atomic E-state index is 12.8. The molecule has 0 atom stereocenters. The highest BCUT2D eigenvalue weighted by atomic mass is 79.9. The van der Waals surface area contributed by atoms with E-state index in [0.29, 0.717) is 17.1 Å². The van der Waals surface area contributed by atoms with Crippen molar-refractivity contribution in [2.24, 2.45) is 0 Å². The van der Waals surface area contributed by atoms with Gasteiger partial charge in [0.25, 0.3) is 15.6 Å². The Morgan fingerprint density at radius 3 is 2.59 bits per heavy atom. The SMILES string of the molecule is COc1ccc(NS(=O)(=O)c2cccc(C(=O)OCc3cc(=O)n4cc(Br)ccc4n3)c2)cc1. The fourth-order valence-corrected chi connectivity index (χ4v) is 4.53. The number of nitrogens with zero attached hydrogens (tertiary/aromatic N) is 2. The molecule has 0 amide bonds. The van der Waals surface area contributed by atoms with E-state index in [1.165, 1.54) is 41.8 Å². The van der Waals surface area contributed by atoms with Crippen LogP contribution in [0.15, 0.2) is 87.1 Å². The number of fused-ring (bicyclic) bond motifs is 1. The molecule has 174 valence electrons. The number of benzene rings is 2. The number of halogens is 1. The van der Waals surface area contributed by atoms with Gasteiger partial charge >= 0.3 is 5.97 Å². The summed E-state index contributed by atoms with van der Waals surface area (Å²) in [6.45, 7) is -0.248. The van der Waals surface area contributed by atoms with Gasteiger partial charge in [-0.3, -0.25) is 13.9 Å². The van der Waals surface area contributed by atoms with Crippen LogP contribution in [0.2, 0.25) is 0 Å². The first-order valence-corrected chi connectivity index (χ1v) is 12.1. The first-order chi connectivity index (χ1) is 16.2. The molecule has 4 rings (SSSR count). The number of sulfonamides is 1. The smallest absolute Gasteiger partial charge is 0.338 e. The van der Waals surface area contributed by atoms with Crippen LogP contribution >= 0.6 is 15.9 Å². The largest absolute Gasteiger partial charge is 0.497 e. The molecule has 1 N–H and O–H groups in total. The van der Waals surface area contributed by atoms with Crippen molar-refractivity contribution in [3.05, 3.63) is 99.0 Å². The Labute approximate surface area is 203 Å². The topological polar surface area (TPSA) is 116 Å². The molecule has 0 aliphatic rings. The summed E-state index contributed by atoms with van der Waals surface area (Å²) >= 11 is 3.30. The van der Waals surface area contributed by atoms with Crippen molar-refractivity contribution in [3.63, 3.8) is 0 Å². The Balaban J connectivity index is 1.48. The summed E-state index contributed by atoms with van der Waals surface area (Å²) < 4.78 is 40.4. The van der Waals surface area contributed by atoms with Crippen LogP contribution in [0.4, 0.5) is 5.69 Å². The quantitative estimate of drug-likeness (QED) is 0.354. The normalized spacial score (nSPS) is 11.2. The number of aromatic nitrogens is 2. The van der Waals surface area contributed by atoms with Crippen LogP contribution in [0.5, 0.6) is 5.75 Å². The monoisotopic (exact) mass is 543 g/mol. The molecule has 2 aromatic carbocycles. The van der Waals surface area contributed by atoms with Crippen LogP contribution < -0.4 is 15.0 Å². The summed E-state index contributed by atoms with van der Waals surface area (Å²) in [5, 5.41) is 0. The summed E-state index contributed by atoms with van der Waals surface area (Å²) in [5.41, 5.74) is 0.730. The predicted octanol–water partition coefficient (Wildman–Crippen LogP) is 3.62. The van der Waals surface area contributed by atoms with Gasteiger partial charge in [-0.15, -0.1) is 0 Å². The zero-order valence-electron chi connectivity index (χ0n) is 17.8. The molecule has 9 nitrogen and oxygen atoms in total. The minimum absolute atomic E-state index is 0.0408. The average molecular weight is 544 g/mol. The molecule has 0 saturated carbocycles. The number of carbonyl (C=O) groups is 1. The lowest BCUT2D eigenvalue weighted by atomic mass is 10.2. The van der Waals surface area contributed by atoms with E-state index in [4.69, 9.17) is 9.47 Å². The Kier molecular flexibility index (Phi) is 6.66. The number of hydrogen-bond donors (Lipinski definition) is 1. The van der Waals surface area contributed by atoms with E-state index in [-0.39, 0.29) is 28.3 Å². The minimum Gasteiger partial charge on any atom is -0.497 e. The van der Waals surface area contributed by atoms with Gasteiger partial charge in [0.15, 0.2) is 0 Å². The summed E-state index contributed by atoms with van der Waals surface area (Å²) in [5.74, 6) is -0.163. The van der Waals surface area contributed by atoms with Crippen molar-refractivity contribution < 1.29 is 22.7 Å². The molecule has 0 aliphatic heterocycles. The molecule has 34 heavy (non-hydrogen) atoms. The van der Waals surface area contributed by atoms with Crippen LogP contribution in [-0.2, 0) is 21.4 Å². The molecule has 0 aliphatic carbocycles. The summed E-state index contributed by atoms with van der Waals surface area (Å²) in [6.07, 6.45) is 1.59. The van der Waals surface area contributed by atoms with Gasteiger partial charge in [0.1, 0.15) is 18.0 Å². The molecule has 0 spiro atoms. The number of rotatable bonds is 7. The van der Waals surface area contributed by atoms with E-state index in [1.54, 1.807) is 42.6 Å². The Bertz CT molecular complexity index is 1530. The molecule has 0 unspecified atom stereocenters.